The molecule has 0 saturated carbocycles. The van der Waals surface area contributed by atoms with Gasteiger partial charge in [0.2, 0.25) is 0 Å². The Bertz CT molecular complexity index is 695. The van der Waals surface area contributed by atoms with Crippen molar-refractivity contribution in [2.45, 2.75) is 6.92 Å². The van der Waals surface area contributed by atoms with Crippen LogP contribution in [-0.2, 0) is 0 Å². The van der Waals surface area contributed by atoms with Crippen molar-refractivity contribution in [3.05, 3.63) is 48.7 Å². The first-order valence-corrected chi connectivity index (χ1v) is 6.31. The molecule has 19 heavy (non-hydrogen) atoms. The maximum atomic E-state index is 4.35. The molecule has 3 rings (SSSR count). The molecule has 0 radical (unpaired) electrons. The molecule has 2 heterocycles. The van der Waals surface area contributed by atoms with E-state index in [0.29, 0.717) is 0 Å². The number of fused-ring (bicyclic) bond motifs is 1. The van der Waals surface area contributed by atoms with Crippen LogP contribution in [0.3, 0.4) is 0 Å². The minimum absolute atomic E-state index is 0.817. The van der Waals surface area contributed by atoms with E-state index in [9.17, 15) is 0 Å². The van der Waals surface area contributed by atoms with Crippen LogP contribution in [0.1, 0.15) is 6.92 Å². The molecule has 0 fully saturated rings. The summed E-state index contributed by atoms with van der Waals surface area (Å²) < 4.78 is 0. The highest BCUT2D eigenvalue weighted by Gasteiger charge is 2.10. The highest BCUT2D eigenvalue weighted by molar-refractivity contribution is 5.99. The van der Waals surface area contributed by atoms with Crippen molar-refractivity contribution < 1.29 is 0 Å². The van der Waals surface area contributed by atoms with E-state index in [2.05, 4.69) is 32.6 Å². The van der Waals surface area contributed by atoms with Gasteiger partial charge in [-0.15, -0.1) is 10.2 Å². The fraction of sp³-hybridized carbons (Fsp3) is 0.133. The zero-order chi connectivity index (χ0) is 13.1. The first kappa shape index (κ1) is 11.6. The van der Waals surface area contributed by atoms with Crippen LogP contribution in [-0.4, -0.2) is 21.7 Å². The Morgan fingerprint density at radius 3 is 2.47 bits per heavy atom. The summed E-state index contributed by atoms with van der Waals surface area (Å²) in [5.74, 6) is 0.817. The Labute approximate surface area is 111 Å². The van der Waals surface area contributed by atoms with Crippen LogP contribution < -0.4 is 5.32 Å². The summed E-state index contributed by atoms with van der Waals surface area (Å²) in [4.78, 5) is 4.35. The predicted octanol–water partition coefficient (Wildman–Crippen LogP) is 3.12. The molecule has 4 nitrogen and oxygen atoms in total. The quantitative estimate of drug-likeness (QED) is 0.776. The van der Waals surface area contributed by atoms with Crippen molar-refractivity contribution in [3.8, 4) is 11.4 Å². The van der Waals surface area contributed by atoms with Crippen LogP contribution in [0.15, 0.2) is 48.7 Å². The summed E-state index contributed by atoms with van der Waals surface area (Å²) in [6.07, 6.45) is 1.77. The summed E-state index contributed by atoms with van der Waals surface area (Å²) >= 11 is 0. The highest BCUT2D eigenvalue weighted by Crippen LogP contribution is 2.28. The Balaban J connectivity index is 2.25. The van der Waals surface area contributed by atoms with E-state index in [0.717, 1.165) is 34.5 Å². The fourth-order valence-corrected chi connectivity index (χ4v) is 2.09. The third-order valence-electron chi connectivity index (χ3n) is 2.94. The normalized spacial score (nSPS) is 10.6. The lowest BCUT2D eigenvalue weighted by Crippen LogP contribution is -2.03. The molecule has 0 bridgehead atoms. The summed E-state index contributed by atoms with van der Waals surface area (Å²) in [6.45, 7) is 2.87. The zero-order valence-electron chi connectivity index (χ0n) is 10.7. The minimum atomic E-state index is 0.817. The molecule has 0 aliphatic rings. The largest absolute Gasteiger partial charge is 0.368 e. The van der Waals surface area contributed by atoms with E-state index in [-0.39, 0.29) is 0 Å². The topological polar surface area (TPSA) is 50.7 Å². The minimum Gasteiger partial charge on any atom is -0.368 e. The summed E-state index contributed by atoms with van der Waals surface area (Å²) in [6, 6.07) is 13.9. The van der Waals surface area contributed by atoms with Crippen molar-refractivity contribution >= 4 is 16.6 Å². The Morgan fingerprint density at radius 1 is 0.947 bits per heavy atom. The fourth-order valence-electron chi connectivity index (χ4n) is 2.09. The van der Waals surface area contributed by atoms with E-state index in [1.54, 1.807) is 6.20 Å². The van der Waals surface area contributed by atoms with Gasteiger partial charge >= 0.3 is 0 Å². The molecule has 3 aromatic rings. The number of nitrogens with one attached hydrogen (secondary N) is 1. The number of aromatic nitrogens is 3. The molecule has 0 saturated heterocycles. The average Bonchev–Trinajstić information content (AvgIpc) is 2.49. The van der Waals surface area contributed by atoms with Crippen molar-refractivity contribution in [1.29, 1.82) is 0 Å². The molecule has 0 spiro atoms. The first-order valence-electron chi connectivity index (χ1n) is 6.31. The van der Waals surface area contributed by atoms with Gasteiger partial charge in [-0.2, -0.15) is 0 Å². The summed E-state index contributed by atoms with van der Waals surface area (Å²) in [5.41, 5.74) is 1.66. The van der Waals surface area contributed by atoms with E-state index in [1.807, 2.05) is 37.3 Å². The number of hydrogen-bond donors (Lipinski definition) is 1. The van der Waals surface area contributed by atoms with Crippen molar-refractivity contribution in [2.75, 3.05) is 11.9 Å². The van der Waals surface area contributed by atoms with Gasteiger partial charge in [0.05, 0.1) is 5.69 Å². The smallest absolute Gasteiger partial charge is 0.156 e. The number of rotatable bonds is 3. The van der Waals surface area contributed by atoms with E-state index in [1.165, 1.54) is 0 Å². The monoisotopic (exact) mass is 250 g/mol. The zero-order valence-corrected chi connectivity index (χ0v) is 10.7. The third kappa shape index (κ3) is 2.12. The number of hydrogen-bond acceptors (Lipinski definition) is 4. The third-order valence-corrected chi connectivity index (χ3v) is 2.94. The number of benzene rings is 1. The average molecular weight is 250 g/mol. The van der Waals surface area contributed by atoms with Gasteiger partial charge in [-0.3, -0.25) is 4.98 Å². The Kier molecular flexibility index (Phi) is 3.06. The molecular weight excluding hydrogens is 236 g/mol. The molecular formula is C15H14N4. The number of nitrogens with zero attached hydrogens (tertiary/aromatic N) is 3. The predicted molar refractivity (Wildman–Crippen MR) is 76.9 cm³/mol. The molecule has 0 amide bonds. The van der Waals surface area contributed by atoms with Gasteiger partial charge in [-0.1, -0.05) is 30.3 Å². The number of anilines is 1. The lowest BCUT2D eigenvalue weighted by Gasteiger charge is -2.09. The molecule has 94 valence electrons. The van der Waals surface area contributed by atoms with Crippen LogP contribution in [0.5, 0.6) is 0 Å². The van der Waals surface area contributed by atoms with Crippen LogP contribution in [0, 0.1) is 0 Å². The van der Waals surface area contributed by atoms with Gasteiger partial charge in [-0.05, 0) is 19.1 Å². The maximum Gasteiger partial charge on any atom is 0.156 e. The SMILES string of the molecule is CCNc1nnc(-c2ccccn2)c2ccccc12. The Morgan fingerprint density at radius 2 is 1.74 bits per heavy atom. The van der Waals surface area contributed by atoms with Gasteiger partial charge in [0.25, 0.3) is 0 Å². The molecule has 0 unspecified atom stereocenters. The van der Waals surface area contributed by atoms with Gasteiger partial charge in [0.15, 0.2) is 5.82 Å². The van der Waals surface area contributed by atoms with Gasteiger partial charge in [-0.25, -0.2) is 0 Å². The van der Waals surface area contributed by atoms with Crippen LogP contribution in [0.4, 0.5) is 5.82 Å². The van der Waals surface area contributed by atoms with Crippen LogP contribution in [0.2, 0.25) is 0 Å². The summed E-state index contributed by atoms with van der Waals surface area (Å²) in [5, 5.41) is 14.0. The molecule has 1 aromatic carbocycles. The van der Waals surface area contributed by atoms with Crippen molar-refractivity contribution in [1.82, 2.24) is 15.2 Å². The molecule has 0 atom stereocenters. The van der Waals surface area contributed by atoms with Gasteiger partial charge < -0.3 is 5.32 Å². The van der Waals surface area contributed by atoms with Crippen molar-refractivity contribution in [3.63, 3.8) is 0 Å². The standard InChI is InChI=1S/C15H14N4/c1-2-16-15-12-8-4-3-7-11(12)14(18-19-15)13-9-5-6-10-17-13/h3-10H,2H2,1H3,(H,16,19). The molecule has 2 aromatic heterocycles. The van der Waals surface area contributed by atoms with E-state index >= 15 is 0 Å². The Hall–Kier alpha value is -2.49. The lowest BCUT2D eigenvalue weighted by atomic mass is 10.1. The van der Waals surface area contributed by atoms with E-state index < -0.39 is 0 Å². The second-order valence-electron chi connectivity index (χ2n) is 4.19. The first-order chi connectivity index (χ1) is 9.40. The molecule has 1 N–H and O–H groups in total. The lowest BCUT2D eigenvalue weighted by molar-refractivity contribution is 1.03. The number of pyridine rings is 1. The molecule has 4 heteroatoms. The van der Waals surface area contributed by atoms with Crippen LogP contribution in [0.25, 0.3) is 22.2 Å². The maximum absolute atomic E-state index is 4.35. The highest BCUT2D eigenvalue weighted by atomic mass is 15.2. The van der Waals surface area contributed by atoms with Gasteiger partial charge in [0, 0.05) is 23.5 Å². The van der Waals surface area contributed by atoms with E-state index in [4.69, 9.17) is 0 Å². The van der Waals surface area contributed by atoms with Crippen molar-refractivity contribution in [2.24, 2.45) is 0 Å². The molecule has 0 aliphatic heterocycles. The summed E-state index contributed by atoms with van der Waals surface area (Å²) in [7, 11) is 0. The van der Waals surface area contributed by atoms with Gasteiger partial charge in [0.1, 0.15) is 5.69 Å². The second-order valence-corrected chi connectivity index (χ2v) is 4.19. The van der Waals surface area contributed by atoms with Crippen LogP contribution >= 0.6 is 0 Å². The molecule has 0 aliphatic carbocycles. The second kappa shape index (κ2) is 5.02.